The number of amides is 1. The first-order valence-electron chi connectivity index (χ1n) is 5.04. The number of nitrogens with one attached hydrogen (secondary N) is 1. The van der Waals surface area contributed by atoms with Gasteiger partial charge in [0, 0.05) is 11.1 Å². The van der Waals surface area contributed by atoms with E-state index in [2.05, 4.69) is 5.32 Å². The molecule has 5 heteroatoms. The molecule has 0 fully saturated rings. The van der Waals surface area contributed by atoms with Gasteiger partial charge >= 0.3 is 0 Å². The third-order valence-electron chi connectivity index (χ3n) is 3.03. The van der Waals surface area contributed by atoms with Crippen LogP contribution in [0.5, 0.6) is 0 Å². The van der Waals surface area contributed by atoms with Gasteiger partial charge in [-0.2, -0.15) is 5.26 Å². The maximum Gasteiger partial charge on any atom is 0.262 e. The number of fused-ring (bicyclic) bond motifs is 1. The molecule has 1 aliphatic rings. The number of aliphatic hydroxyl groups is 1. The van der Waals surface area contributed by atoms with Gasteiger partial charge in [-0.3, -0.25) is 9.59 Å². The van der Waals surface area contributed by atoms with E-state index in [9.17, 15) is 14.7 Å². The van der Waals surface area contributed by atoms with E-state index in [1.807, 2.05) is 0 Å². The van der Waals surface area contributed by atoms with E-state index < -0.39 is 11.5 Å². The summed E-state index contributed by atoms with van der Waals surface area (Å²) in [5.74, 6) is -0.625. The van der Waals surface area contributed by atoms with Crippen molar-refractivity contribution in [3.63, 3.8) is 0 Å². The van der Waals surface area contributed by atoms with Crippen molar-refractivity contribution in [2.45, 2.75) is 18.9 Å². The van der Waals surface area contributed by atoms with Crippen LogP contribution in [0.2, 0.25) is 0 Å². The molecule has 17 heavy (non-hydrogen) atoms. The zero-order chi connectivity index (χ0) is 12.6. The number of hydrogen-bond acceptors (Lipinski definition) is 4. The number of nitrogens with zero attached hydrogens (tertiary/aromatic N) is 1. The SMILES string of the molecule is Cc1c(C=O)ccc2c1NC(=O)C2(O)CC#N. The van der Waals surface area contributed by atoms with Crippen LogP contribution >= 0.6 is 0 Å². The summed E-state index contributed by atoms with van der Waals surface area (Å²) in [5.41, 5.74) is 0.0189. The highest BCUT2D eigenvalue weighted by atomic mass is 16.3. The lowest BCUT2D eigenvalue weighted by Gasteiger charge is -2.17. The van der Waals surface area contributed by atoms with Crippen molar-refractivity contribution < 1.29 is 14.7 Å². The minimum atomic E-state index is -1.81. The lowest BCUT2D eigenvalue weighted by molar-refractivity contribution is -0.133. The van der Waals surface area contributed by atoms with Crippen molar-refractivity contribution in [1.29, 1.82) is 5.26 Å². The standard InChI is InChI=1S/C12H10N2O3/c1-7-8(6-15)2-3-9-10(7)14-11(16)12(9,17)4-5-13/h2-3,6,17H,4H2,1H3,(H,14,16). The lowest BCUT2D eigenvalue weighted by Crippen LogP contribution is -2.33. The van der Waals surface area contributed by atoms with Gasteiger partial charge in [-0.1, -0.05) is 12.1 Å². The third-order valence-corrected chi connectivity index (χ3v) is 3.03. The number of carbonyl (C=O) groups is 2. The minimum absolute atomic E-state index is 0.314. The number of nitriles is 1. The first-order chi connectivity index (χ1) is 8.04. The van der Waals surface area contributed by atoms with Gasteiger partial charge in [0.2, 0.25) is 0 Å². The number of anilines is 1. The molecular formula is C12H10N2O3. The second kappa shape index (κ2) is 3.68. The van der Waals surface area contributed by atoms with Gasteiger partial charge in [-0.15, -0.1) is 0 Å². The highest BCUT2D eigenvalue weighted by molar-refractivity contribution is 6.06. The average Bonchev–Trinajstić information content (AvgIpc) is 2.55. The van der Waals surface area contributed by atoms with E-state index in [4.69, 9.17) is 5.26 Å². The summed E-state index contributed by atoms with van der Waals surface area (Å²) in [6.45, 7) is 1.68. The van der Waals surface area contributed by atoms with Crippen molar-refractivity contribution in [3.05, 3.63) is 28.8 Å². The summed E-state index contributed by atoms with van der Waals surface area (Å²) in [6, 6.07) is 4.82. The van der Waals surface area contributed by atoms with Gasteiger partial charge in [0.25, 0.3) is 5.91 Å². The Balaban J connectivity index is 2.65. The zero-order valence-corrected chi connectivity index (χ0v) is 9.15. The van der Waals surface area contributed by atoms with E-state index in [-0.39, 0.29) is 6.42 Å². The van der Waals surface area contributed by atoms with Gasteiger partial charge in [0.1, 0.15) is 6.29 Å². The fraction of sp³-hybridized carbons (Fsp3) is 0.250. The minimum Gasteiger partial charge on any atom is -0.374 e. The molecule has 0 aliphatic carbocycles. The van der Waals surface area contributed by atoms with Crippen LogP contribution in [0.1, 0.15) is 27.9 Å². The number of benzene rings is 1. The summed E-state index contributed by atoms with van der Waals surface area (Å²) in [7, 11) is 0. The molecule has 5 nitrogen and oxygen atoms in total. The molecule has 1 unspecified atom stereocenters. The van der Waals surface area contributed by atoms with Crippen LogP contribution < -0.4 is 5.32 Å². The second-order valence-electron chi connectivity index (χ2n) is 3.97. The summed E-state index contributed by atoms with van der Waals surface area (Å²) < 4.78 is 0. The number of aldehydes is 1. The summed E-state index contributed by atoms with van der Waals surface area (Å²) in [6.07, 6.45) is 0.370. The molecule has 1 aliphatic heterocycles. The van der Waals surface area contributed by atoms with Crippen molar-refractivity contribution in [2.24, 2.45) is 0 Å². The Morgan fingerprint density at radius 3 is 2.88 bits per heavy atom. The lowest BCUT2D eigenvalue weighted by atomic mass is 9.90. The van der Waals surface area contributed by atoms with Gasteiger partial charge in [0.15, 0.2) is 5.60 Å². The third kappa shape index (κ3) is 1.42. The highest BCUT2D eigenvalue weighted by Crippen LogP contribution is 2.40. The van der Waals surface area contributed by atoms with Crippen LogP contribution in [0.15, 0.2) is 12.1 Å². The molecule has 0 saturated heterocycles. The summed E-state index contributed by atoms with van der Waals surface area (Å²) in [5, 5.41) is 21.4. The van der Waals surface area contributed by atoms with Crippen LogP contribution in [0.25, 0.3) is 0 Å². The molecule has 0 bridgehead atoms. The van der Waals surface area contributed by atoms with Gasteiger partial charge in [-0.05, 0) is 12.5 Å². The van der Waals surface area contributed by atoms with E-state index >= 15 is 0 Å². The maximum atomic E-state index is 11.7. The molecule has 1 amide bonds. The van der Waals surface area contributed by atoms with Crippen molar-refractivity contribution >= 4 is 17.9 Å². The zero-order valence-electron chi connectivity index (χ0n) is 9.15. The molecule has 2 N–H and O–H groups in total. The molecule has 0 radical (unpaired) electrons. The topological polar surface area (TPSA) is 90.2 Å². The molecule has 0 aromatic heterocycles. The molecule has 86 valence electrons. The average molecular weight is 230 g/mol. The smallest absolute Gasteiger partial charge is 0.262 e. The molecule has 0 saturated carbocycles. The monoisotopic (exact) mass is 230 g/mol. The fourth-order valence-electron chi connectivity index (χ4n) is 1.99. The van der Waals surface area contributed by atoms with Crippen LogP contribution in [0.3, 0.4) is 0 Å². The number of hydrogen-bond donors (Lipinski definition) is 2. The van der Waals surface area contributed by atoms with E-state index in [1.165, 1.54) is 12.1 Å². The van der Waals surface area contributed by atoms with Gasteiger partial charge in [0.05, 0.1) is 18.2 Å². The normalized spacial score (nSPS) is 21.6. The first kappa shape index (κ1) is 11.3. The molecule has 0 spiro atoms. The Morgan fingerprint density at radius 1 is 1.59 bits per heavy atom. The highest BCUT2D eigenvalue weighted by Gasteiger charge is 2.45. The number of rotatable bonds is 2. The Kier molecular flexibility index (Phi) is 2.45. The summed E-state index contributed by atoms with van der Waals surface area (Å²) in [4.78, 5) is 22.5. The second-order valence-corrected chi connectivity index (χ2v) is 3.97. The van der Waals surface area contributed by atoms with E-state index in [0.29, 0.717) is 28.7 Å². The molecule has 1 atom stereocenters. The Hall–Kier alpha value is -2.19. The van der Waals surface area contributed by atoms with E-state index in [1.54, 1.807) is 13.0 Å². The van der Waals surface area contributed by atoms with Crippen LogP contribution in [-0.4, -0.2) is 17.3 Å². The van der Waals surface area contributed by atoms with Gasteiger partial charge < -0.3 is 10.4 Å². The van der Waals surface area contributed by atoms with E-state index in [0.717, 1.165) is 0 Å². The largest absolute Gasteiger partial charge is 0.374 e. The molecule has 2 rings (SSSR count). The maximum absolute atomic E-state index is 11.7. The Labute approximate surface area is 97.7 Å². The first-order valence-corrected chi connectivity index (χ1v) is 5.04. The van der Waals surface area contributed by atoms with Crippen molar-refractivity contribution in [1.82, 2.24) is 0 Å². The quantitative estimate of drug-likeness (QED) is 0.737. The number of carbonyl (C=O) groups excluding carboxylic acids is 2. The molecule has 1 heterocycles. The van der Waals surface area contributed by atoms with Crippen LogP contribution in [-0.2, 0) is 10.4 Å². The molecule has 1 aromatic carbocycles. The van der Waals surface area contributed by atoms with Crippen molar-refractivity contribution in [3.8, 4) is 6.07 Å². The Bertz CT molecular complexity index is 560. The predicted octanol–water partition coefficient (Wildman–Crippen LogP) is 0.861. The summed E-state index contributed by atoms with van der Waals surface area (Å²) >= 11 is 0. The Morgan fingerprint density at radius 2 is 2.29 bits per heavy atom. The van der Waals surface area contributed by atoms with Gasteiger partial charge in [-0.25, -0.2) is 0 Å². The van der Waals surface area contributed by atoms with Crippen LogP contribution in [0, 0.1) is 18.3 Å². The van der Waals surface area contributed by atoms with Crippen LogP contribution in [0.4, 0.5) is 5.69 Å². The fourth-order valence-corrected chi connectivity index (χ4v) is 1.99. The molecule has 1 aromatic rings. The molecular weight excluding hydrogens is 220 g/mol. The predicted molar refractivity (Wildman–Crippen MR) is 59.3 cm³/mol. The van der Waals surface area contributed by atoms with Crippen molar-refractivity contribution in [2.75, 3.05) is 5.32 Å².